The van der Waals surface area contributed by atoms with E-state index in [2.05, 4.69) is 15.8 Å². The molecule has 0 aliphatic heterocycles. The number of hydrazone groups is 1. The number of amides is 2. The fourth-order valence-electron chi connectivity index (χ4n) is 2.93. The average Bonchev–Trinajstić information content (AvgIpc) is 2.83. The van der Waals surface area contributed by atoms with E-state index in [0.717, 1.165) is 0 Å². The lowest BCUT2D eigenvalue weighted by atomic mass is 10.1. The van der Waals surface area contributed by atoms with Gasteiger partial charge in [-0.3, -0.25) is 9.59 Å². The van der Waals surface area contributed by atoms with Crippen LogP contribution < -0.4 is 25.0 Å². The molecule has 0 atom stereocenters. The van der Waals surface area contributed by atoms with Gasteiger partial charge in [0.25, 0.3) is 11.8 Å². The second-order valence-corrected chi connectivity index (χ2v) is 6.69. The molecule has 2 N–H and O–H groups in total. The van der Waals surface area contributed by atoms with E-state index in [0.29, 0.717) is 28.4 Å². The van der Waals surface area contributed by atoms with Crippen molar-refractivity contribution in [3.63, 3.8) is 0 Å². The number of carbonyl (C=O) groups is 2. The highest BCUT2D eigenvalue weighted by molar-refractivity contribution is 6.09. The van der Waals surface area contributed by atoms with Crippen LogP contribution in [-0.4, -0.2) is 39.4 Å². The van der Waals surface area contributed by atoms with E-state index in [1.54, 1.807) is 30.3 Å². The second-order valence-electron chi connectivity index (χ2n) is 6.69. The normalized spacial score (nSPS) is 10.5. The SMILES string of the molecule is COc1ccc(NC(=O)c2ccc(OC)c(OC)c2)c(C(=O)N/N=C/c2cccc(F)c2)c1. The van der Waals surface area contributed by atoms with Gasteiger partial charge in [-0.05, 0) is 54.1 Å². The van der Waals surface area contributed by atoms with Crippen molar-refractivity contribution in [3.05, 3.63) is 83.2 Å². The third-order valence-corrected chi connectivity index (χ3v) is 4.59. The molecule has 0 bridgehead atoms. The molecule has 0 aliphatic rings. The van der Waals surface area contributed by atoms with Gasteiger partial charge in [-0.2, -0.15) is 5.10 Å². The molecule has 0 saturated carbocycles. The Balaban J connectivity index is 1.81. The maximum absolute atomic E-state index is 13.3. The smallest absolute Gasteiger partial charge is 0.273 e. The Kier molecular flexibility index (Phi) is 7.59. The Morgan fingerprint density at radius 1 is 0.879 bits per heavy atom. The molecule has 0 unspecified atom stereocenters. The van der Waals surface area contributed by atoms with Crippen molar-refractivity contribution < 1.29 is 28.2 Å². The molecule has 33 heavy (non-hydrogen) atoms. The van der Waals surface area contributed by atoms with E-state index in [1.165, 1.54) is 57.9 Å². The first-order chi connectivity index (χ1) is 15.9. The monoisotopic (exact) mass is 451 g/mol. The first-order valence-corrected chi connectivity index (χ1v) is 9.75. The van der Waals surface area contributed by atoms with Crippen LogP contribution >= 0.6 is 0 Å². The van der Waals surface area contributed by atoms with Crippen molar-refractivity contribution in [2.45, 2.75) is 0 Å². The van der Waals surface area contributed by atoms with Gasteiger partial charge in [0.15, 0.2) is 11.5 Å². The van der Waals surface area contributed by atoms with Gasteiger partial charge in [0.1, 0.15) is 11.6 Å². The minimum absolute atomic E-state index is 0.125. The minimum Gasteiger partial charge on any atom is -0.497 e. The molecule has 8 nitrogen and oxygen atoms in total. The van der Waals surface area contributed by atoms with Crippen LogP contribution in [0.4, 0.5) is 10.1 Å². The first kappa shape index (κ1) is 23.3. The van der Waals surface area contributed by atoms with Gasteiger partial charge >= 0.3 is 0 Å². The highest BCUT2D eigenvalue weighted by Gasteiger charge is 2.17. The molecule has 3 rings (SSSR count). The third-order valence-electron chi connectivity index (χ3n) is 4.59. The quantitative estimate of drug-likeness (QED) is 0.400. The molecule has 3 aromatic carbocycles. The molecule has 2 amide bonds. The molecule has 0 radical (unpaired) electrons. The topological polar surface area (TPSA) is 98.3 Å². The largest absolute Gasteiger partial charge is 0.497 e. The first-order valence-electron chi connectivity index (χ1n) is 9.75. The zero-order valence-corrected chi connectivity index (χ0v) is 18.2. The molecule has 0 saturated heterocycles. The van der Waals surface area contributed by atoms with Crippen LogP contribution in [0.3, 0.4) is 0 Å². The van der Waals surface area contributed by atoms with Gasteiger partial charge in [0, 0.05) is 5.56 Å². The van der Waals surface area contributed by atoms with Crippen molar-refractivity contribution in [2.75, 3.05) is 26.6 Å². The highest BCUT2D eigenvalue weighted by atomic mass is 19.1. The molecule has 0 fully saturated rings. The summed E-state index contributed by atoms with van der Waals surface area (Å²) in [7, 11) is 4.42. The van der Waals surface area contributed by atoms with E-state index in [-0.39, 0.29) is 11.3 Å². The van der Waals surface area contributed by atoms with E-state index in [1.807, 2.05) is 0 Å². The Labute approximate surface area is 190 Å². The lowest BCUT2D eigenvalue weighted by Crippen LogP contribution is -2.21. The van der Waals surface area contributed by atoms with Crippen LogP contribution in [0.1, 0.15) is 26.3 Å². The van der Waals surface area contributed by atoms with Gasteiger partial charge < -0.3 is 19.5 Å². The summed E-state index contributed by atoms with van der Waals surface area (Å²) in [4.78, 5) is 25.6. The lowest BCUT2D eigenvalue weighted by molar-refractivity contribution is 0.0955. The fraction of sp³-hybridized carbons (Fsp3) is 0.125. The van der Waals surface area contributed by atoms with Crippen molar-refractivity contribution in [1.29, 1.82) is 0 Å². The number of anilines is 1. The van der Waals surface area contributed by atoms with E-state index >= 15 is 0 Å². The van der Waals surface area contributed by atoms with Crippen LogP contribution in [0.5, 0.6) is 17.2 Å². The summed E-state index contributed by atoms with van der Waals surface area (Å²) < 4.78 is 28.9. The van der Waals surface area contributed by atoms with Crippen LogP contribution in [0, 0.1) is 5.82 Å². The van der Waals surface area contributed by atoms with Gasteiger partial charge in [-0.25, -0.2) is 9.82 Å². The number of hydrogen-bond acceptors (Lipinski definition) is 6. The van der Waals surface area contributed by atoms with Crippen molar-refractivity contribution >= 4 is 23.7 Å². The number of carbonyl (C=O) groups excluding carboxylic acids is 2. The van der Waals surface area contributed by atoms with Gasteiger partial charge in [0.2, 0.25) is 0 Å². The zero-order chi connectivity index (χ0) is 23.8. The van der Waals surface area contributed by atoms with Crippen molar-refractivity contribution in [2.24, 2.45) is 5.10 Å². The molecule has 9 heteroatoms. The number of benzene rings is 3. The number of hydrogen-bond donors (Lipinski definition) is 2. The summed E-state index contributed by atoms with van der Waals surface area (Å²) in [6, 6.07) is 15.1. The van der Waals surface area contributed by atoms with Crippen LogP contribution in [0.15, 0.2) is 65.8 Å². The highest BCUT2D eigenvalue weighted by Crippen LogP contribution is 2.28. The fourth-order valence-corrected chi connectivity index (χ4v) is 2.93. The summed E-state index contributed by atoms with van der Waals surface area (Å²) in [5.74, 6) is -0.182. The van der Waals surface area contributed by atoms with Gasteiger partial charge in [0.05, 0.1) is 38.8 Å². The zero-order valence-electron chi connectivity index (χ0n) is 18.2. The maximum Gasteiger partial charge on any atom is 0.273 e. The number of methoxy groups -OCH3 is 3. The molecule has 3 aromatic rings. The standard InChI is InChI=1S/C24H22FN3O5/c1-31-18-8-9-20(27-23(29)16-7-10-21(32-2)22(12-16)33-3)19(13-18)24(30)28-26-14-15-5-4-6-17(25)11-15/h4-14H,1-3H3,(H,27,29)(H,28,30)/b26-14+. The molecule has 0 spiro atoms. The molecule has 0 heterocycles. The number of ether oxygens (including phenoxy) is 3. The summed E-state index contributed by atoms with van der Waals surface area (Å²) >= 11 is 0. The van der Waals surface area contributed by atoms with Crippen LogP contribution in [0.2, 0.25) is 0 Å². The van der Waals surface area contributed by atoms with Gasteiger partial charge in [-0.1, -0.05) is 12.1 Å². The number of halogens is 1. The number of nitrogens with one attached hydrogen (secondary N) is 2. The minimum atomic E-state index is -0.593. The molecular weight excluding hydrogens is 429 g/mol. The predicted octanol–water partition coefficient (Wildman–Crippen LogP) is 3.87. The summed E-state index contributed by atoms with van der Waals surface area (Å²) in [5, 5.41) is 6.57. The lowest BCUT2D eigenvalue weighted by Gasteiger charge is -2.13. The Hall–Kier alpha value is -4.40. The Bertz CT molecular complexity index is 1200. The summed E-state index contributed by atoms with van der Waals surface area (Å²) in [6.07, 6.45) is 1.31. The summed E-state index contributed by atoms with van der Waals surface area (Å²) in [6.45, 7) is 0. The molecule has 170 valence electrons. The second kappa shape index (κ2) is 10.8. The van der Waals surface area contributed by atoms with Gasteiger partial charge in [-0.15, -0.1) is 0 Å². The molecule has 0 aliphatic carbocycles. The molecular formula is C24H22FN3O5. The average molecular weight is 451 g/mol. The molecule has 0 aromatic heterocycles. The third kappa shape index (κ3) is 5.85. The Morgan fingerprint density at radius 3 is 2.36 bits per heavy atom. The van der Waals surface area contributed by atoms with Crippen molar-refractivity contribution in [3.8, 4) is 17.2 Å². The number of rotatable bonds is 8. The maximum atomic E-state index is 13.3. The van der Waals surface area contributed by atoms with Crippen LogP contribution in [-0.2, 0) is 0 Å². The number of nitrogens with zero attached hydrogens (tertiary/aromatic N) is 1. The van der Waals surface area contributed by atoms with E-state index in [4.69, 9.17) is 14.2 Å². The Morgan fingerprint density at radius 2 is 1.67 bits per heavy atom. The van der Waals surface area contributed by atoms with E-state index < -0.39 is 17.6 Å². The summed E-state index contributed by atoms with van der Waals surface area (Å²) in [5.41, 5.74) is 3.52. The van der Waals surface area contributed by atoms with Crippen molar-refractivity contribution in [1.82, 2.24) is 5.43 Å². The predicted molar refractivity (Wildman–Crippen MR) is 122 cm³/mol. The van der Waals surface area contributed by atoms with E-state index in [9.17, 15) is 14.0 Å². The van der Waals surface area contributed by atoms with Crippen LogP contribution in [0.25, 0.3) is 0 Å².